The first-order chi connectivity index (χ1) is 12.5. The Morgan fingerprint density at radius 2 is 1.96 bits per heavy atom. The van der Waals surface area contributed by atoms with Gasteiger partial charge in [0, 0.05) is 32.7 Å². The molecule has 1 fully saturated rings. The summed E-state index contributed by atoms with van der Waals surface area (Å²) in [6, 6.07) is 7.86. The fraction of sp³-hybridized carbons (Fsp3) is 0.632. The van der Waals surface area contributed by atoms with Crippen LogP contribution in [0.5, 0.6) is 5.75 Å². The molecule has 0 radical (unpaired) electrons. The van der Waals surface area contributed by atoms with Crippen LogP contribution in [0.2, 0.25) is 0 Å². The Morgan fingerprint density at radius 3 is 2.58 bits per heavy atom. The second-order valence-electron chi connectivity index (χ2n) is 6.78. The van der Waals surface area contributed by atoms with Crippen LogP contribution < -0.4 is 15.4 Å². The van der Waals surface area contributed by atoms with Crippen LogP contribution in [0.1, 0.15) is 19.4 Å². The van der Waals surface area contributed by atoms with Crippen molar-refractivity contribution in [3.63, 3.8) is 0 Å². The summed E-state index contributed by atoms with van der Waals surface area (Å²) in [6.07, 6.45) is 0. The minimum atomic E-state index is -0.840. The summed E-state index contributed by atoms with van der Waals surface area (Å²) < 4.78 is 10.5. The van der Waals surface area contributed by atoms with Gasteiger partial charge < -0.3 is 25.2 Å². The van der Waals surface area contributed by atoms with Crippen LogP contribution >= 0.6 is 0 Å². The Labute approximate surface area is 156 Å². The lowest BCUT2D eigenvalue weighted by Crippen LogP contribution is -2.52. The number of benzene rings is 1. The van der Waals surface area contributed by atoms with E-state index in [1.54, 1.807) is 7.11 Å². The highest BCUT2D eigenvalue weighted by molar-refractivity contribution is 5.79. The molecule has 146 valence electrons. The van der Waals surface area contributed by atoms with Crippen molar-refractivity contribution in [2.45, 2.75) is 26.0 Å². The molecule has 0 aromatic heterocycles. The van der Waals surface area contributed by atoms with Crippen LogP contribution in [0, 0.1) is 0 Å². The van der Waals surface area contributed by atoms with Crippen LogP contribution in [0.15, 0.2) is 29.3 Å². The number of β-amino-alcohol motifs (C(OH)–C–C–N with tert-alkyl or cyclic N) is 1. The number of ether oxygens (including phenoxy) is 2. The zero-order valence-electron chi connectivity index (χ0n) is 16.1. The molecule has 1 heterocycles. The van der Waals surface area contributed by atoms with Crippen molar-refractivity contribution in [1.82, 2.24) is 15.5 Å². The second-order valence-corrected chi connectivity index (χ2v) is 6.78. The number of rotatable bonds is 8. The normalized spacial score (nSPS) is 18.2. The highest BCUT2D eigenvalue weighted by Crippen LogP contribution is 2.12. The van der Waals surface area contributed by atoms with Gasteiger partial charge in [0.2, 0.25) is 0 Å². The van der Waals surface area contributed by atoms with Crippen LogP contribution in [0.25, 0.3) is 0 Å². The van der Waals surface area contributed by atoms with E-state index in [4.69, 9.17) is 9.47 Å². The molecule has 7 nitrogen and oxygen atoms in total. The summed E-state index contributed by atoms with van der Waals surface area (Å²) in [6.45, 7) is 9.43. The summed E-state index contributed by atoms with van der Waals surface area (Å²) in [5.41, 5.74) is 0.260. The second kappa shape index (κ2) is 10.4. The maximum atomic E-state index is 10.7. The third-order valence-electron chi connectivity index (χ3n) is 4.23. The van der Waals surface area contributed by atoms with Gasteiger partial charge in [-0.3, -0.25) is 4.90 Å². The van der Waals surface area contributed by atoms with Crippen molar-refractivity contribution in [2.24, 2.45) is 4.99 Å². The molecule has 26 heavy (non-hydrogen) atoms. The molecule has 0 bridgehead atoms. The third-order valence-corrected chi connectivity index (χ3v) is 4.23. The smallest absolute Gasteiger partial charge is 0.191 e. The number of hydrogen-bond donors (Lipinski definition) is 3. The number of nitrogens with one attached hydrogen (secondary N) is 2. The first kappa shape index (κ1) is 20.5. The molecule has 0 spiro atoms. The predicted octanol–water partition coefficient (Wildman–Crippen LogP) is 0.834. The molecule has 0 saturated carbocycles. The summed E-state index contributed by atoms with van der Waals surface area (Å²) in [7, 11) is 1.66. The van der Waals surface area contributed by atoms with Gasteiger partial charge in [-0.05, 0) is 31.5 Å². The molecule has 1 unspecified atom stereocenters. The molecular formula is C19H32N4O3. The van der Waals surface area contributed by atoms with E-state index in [1.807, 2.05) is 38.1 Å². The summed E-state index contributed by atoms with van der Waals surface area (Å²) in [5, 5.41) is 17.2. The Bertz CT molecular complexity index is 554. The highest BCUT2D eigenvalue weighted by Gasteiger charge is 2.25. The van der Waals surface area contributed by atoms with Gasteiger partial charge in [-0.25, -0.2) is 4.99 Å². The van der Waals surface area contributed by atoms with E-state index in [-0.39, 0.29) is 0 Å². The average molecular weight is 364 g/mol. The predicted molar refractivity (Wildman–Crippen MR) is 104 cm³/mol. The Kier molecular flexibility index (Phi) is 8.15. The fourth-order valence-corrected chi connectivity index (χ4v) is 2.81. The van der Waals surface area contributed by atoms with E-state index < -0.39 is 5.60 Å². The SMILES string of the molecule is CCNC(=NCc1ccc(OC)cc1)NCC(C)(O)CN1CCOCC1. The molecule has 1 aromatic carbocycles. The van der Waals surface area contributed by atoms with Crippen LogP contribution in [-0.4, -0.2) is 74.6 Å². The zero-order chi connectivity index (χ0) is 18.8. The van der Waals surface area contributed by atoms with E-state index in [1.165, 1.54) is 0 Å². The zero-order valence-corrected chi connectivity index (χ0v) is 16.1. The molecule has 1 saturated heterocycles. The standard InChI is InChI=1S/C19H32N4O3/c1-4-20-18(21-13-16-5-7-17(25-3)8-6-16)22-14-19(2,24)15-23-9-11-26-12-10-23/h5-8,24H,4,9-15H2,1-3H3,(H2,20,21,22). The number of morpholine rings is 1. The molecule has 1 atom stereocenters. The Morgan fingerprint density at radius 1 is 1.27 bits per heavy atom. The number of hydrogen-bond acceptors (Lipinski definition) is 5. The Hall–Kier alpha value is -1.83. The van der Waals surface area contributed by atoms with E-state index in [0.29, 0.717) is 25.6 Å². The molecule has 0 aliphatic carbocycles. The number of nitrogens with zero attached hydrogens (tertiary/aromatic N) is 2. The first-order valence-electron chi connectivity index (χ1n) is 9.20. The highest BCUT2D eigenvalue weighted by atomic mass is 16.5. The summed E-state index contributed by atoms with van der Waals surface area (Å²) >= 11 is 0. The molecule has 3 N–H and O–H groups in total. The first-order valence-corrected chi connectivity index (χ1v) is 9.20. The number of methoxy groups -OCH3 is 1. The molecule has 1 aliphatic heterocycles. The Balaban J connectivity index is 1.86. The molecule has 0 amide bonds. The van der Waals surface area contributed by atoms with E-state index in [9.17, 15) is 5.11 Å². The summed E-state index contributed by atoms with van der Waals surface area (Å²) in [4.78, 5) is 6.83. The minimum Gasteiger partial charge on any atom is -0.497 e. The third kappa shape index (κ3) is 7.19. The maximum Gasteiger partial charge on any atom is 0.191 e. The average Bonchev–Trinajstić information content (AvgIpc) is 2.65. The van der Waals surface area contributed by atoms with Crippen LogP contribution in [0.3, 0.4) is 0 Å². The number of aliphatic hydroxyl groups is 1. The molecule has 1 aromatic rings. The van der Waals surface area contributed by atoms with E-state index >= 15 is 0 Å². The van der Waals surface area contributed by atoms with Gasteiger partial charge in [0.15, 0.2) is 5.96 Å². The minimum absolute atomic E-state index is 0.429. The lowest BCUT2D eigenvalue weighted by atomic mass is 10.1. The van der Waals surface area contributed by atoms with Gasteiger partial charge in [-0.15, -0.1) is 0 Å². The largest absolute Gasteiger partial charge is 0.497 e. The van der Waals surface area contributed by atoms with Crippen molar-refractivity contribution in [1.29, 1.82) is 0 Å². The molecule has 1 aliphatic rings. The van der Waals surface area contributed by atoms with Crippen molar-refractivity contribution >= 4 is 5.96 Å². The lowest BCUT2D eigenvalue weighted by Gasteiger charge is -2.34. The topological polar surface area (TPSA) is 78.4 Å². The van der Waals surface area contributed by atoms with Gasteiger partial charge in [0.25, 0.3) is 0 Å². The number of aliphatic imine (C=N–C) groups is 1. The van der Waals surface area contributed by atoms with Crippen LogP contribution in [-0.2, 0) is 11.3 Å². The lowest BCUT2D eigenvalue weighted by molar-refractivity contribution is -0.0201. The van der Waals surface area contributed by atoms with Crippen LogP contribution in [0.4, 0.5) is 0 Å². The van der Waals surface area contributed by atoms with E-state index in [0.717, 1.165) is 44.2 Å². The van der Waals surface area contributed by atoms with Gasteiger partial charge in [0.05, 0.1) is 32.5 Å². The van der Waals surface area contributed by atoms with E-state index in [2.05, 4.69) is 20.5 Å². The van der Waals surface area contributed by atoms with Crippen molar-refractivity contribution in [3.05, 3.63) is 29.8 Å². The quantitative estimate of drug-likeness (QED) is 0.469. The fourth-order valence-electron chi connectivity index (χ4n) is 2.81. The van der Waals surface area contributed by atoms with Gasteiger partial charge in [0.1, 0.15) is 5.75 Å². The molecular weight excluding hydrogens is 332 g/mol. The van der Waals surface area contributed by atoms with Gasteiger partial charge in [-0.2, -0.15) is 0 Å². The molecule has 7 heteroatoms. The maximum absolute atomic E-state index is 10.7. The van der Waals surface area contributed by atoms with Crippen molar-refractivity contribution < 1.29 is 14.6 Å². The van der Waals surface area contributed by atoms with Gasteiger partial charge in [-0.1, -0.05) is 12.1 Å². The number of guanidine groups is 1. The van der Waals surface area contributed by atoms with Gasteiger partial charge >= 0.3 is 0 Å². The summed E-state index contributed by atoms with van der Waals surface area (Å²) in [5.74, 6) is 1.53. The van der Waals surface area contributed by atoms with Crippen molar-refractivity contribution in [2.75, 3.05) is 53.0 Å². The molecule has 2 rings (SSSR count). The van der Waals surface area contributed by atoms with Crippen molar-refractivity contribution in [3.8, 4) is 5.75 Å². The monoisotopic (exact) mass is 364 g/mol.